The number of hydrogen-bond acceptors (Lipinski definition) is 6. The molecule has 0 bridgehead atoms. The number of carbonyl (C=O) groups excluding carboxylic acids is 2. The van der Waals surface area contributed by atoms with Crippen LogP contribution in [0.25, 0.3) is 5.69 Å². The highest BCUT2D eigenvalue weighted by molar-refractivity contribution is 6.04. The Labute approximate surface area is 198 Å². The molecule has 10 nitrogen and oxygen atoms in total. The number of nitro benzene ring substituents is 1. The van der Waals surface area contributed by atoms with Crippen molar-refractivity contribution in [2.45, 2.75) is 13.0 Å². The van der Waals surface area contributed by atoms with E-state index in [4.69, 9.17) is 0 Å². The fourth-order valence-corrected chi connectivity index (χ4v) is 3.36. The Bertz CT molecular complexity index is 1370. The summed E-state index contributed by atoms with van der Waals surface area (Å²) in [6.07, 6.45) is 2.58. The van der Waals surface area contributed by atoms with E-state index in [1.165, 1.54) is 59.8 Å². The molecule has 1 aromatic heterocycles. The third-order valence-electron chi connectivity index (χ3n) is 5.22. The molecule has 2 N–H and O–H groups in total. The van der Waals surface area contributed by atoms with Gasteiger partial charge in [-0.1, -0.05) is 12.1 Å². The standard InChI is InChI=1S/C24H19FN6O4/c1-15(16-4-9-20(10-5-16)29-23(32)17-2-7-19(25)8-3-17)28-24(33)18-6-11-21(22(12-18)31(34)35)30-14-26-13-27-30/h2-15H,1H3,(H,28,33)(H,29,32). The molecule has 35 heavy (non-hydrogen) atoms. The van der Waals surface area contributed by atoms with E-state index in [0.29, 0.717) is 11.3 Å². The summed E-state index contributed by atoms with van der Waals surface area (Å²) < 4.78 is 14.3. The summed E-state index contributed by atoms with van der Waals surface area (Å²) in [6, 6.07) is 15.7. The molecule has 2 amide bonds. The van der Waals surface area contributed by atoms with Gasteiger partial charge in [-0.3, -0.25) is 19.7 Å². The van der Waals surface area contributed by atoms with Gasteiger partial charge in [-0.15, -0.1) is 0 Å². The third kappa shape index (κ3) is 5.36. The lowest BCUT2D eigenvalue weighted by Gasteiger charge is -2.15. The van der Waals surface area contributed by atoms with Gasteiger partial charge in [-0.2, -0.15) is 5.10 Å². The lowest BCUT2D eigenvalue weighted by atomic mass is 10.1. The fraction of sp³-hybridized carbons (Fsp3) is 0.0833. The number of anilines is 1. The van der Waals surface area contributed by atoms with Gasteiger partial charge in [0.2, 0.25) is 0 Å². The first kappa shape index (κ1) is 23.2. The summed E-state index contributed by atoms with van der Waals surface area (Å²) in [5.74, 6) is -1.29. The van der Waals surface area contributed by atoms with Gasteiger partial charge in [0, 0.05) is 22.9 Å². The van der Waals surface area contributed by atoms with Crippen LogP contribution in [0, 0.1) is 15.9 Å². The lowest BCUT2D eigenvalue weighted by Crippen LogP contribution is -2.26. The maximum Gasteiger partial charge on any atom is 0.295 e. The number of nitro groups is 1. The van der Waals surface area contributed by atoms with E-state index in [1.807, 2.05) is 0 Å². The third-order valence-corrected chi connectivity index (χ3v) is 5.22. The summed E-state index contributed by atoms with van der Waals surface area (Å²) in [7, 11) is 0. The number of nitrogens with one attached hydrogen (secondary N) is 2. The van der Waals surface area contributed by atoms with Crippen molar-refractivity contribution >= 4 is 23.2 Å². The maximum atomic E-state index is 13.0. The zero-order valence-electron chi connectivity index (χ0n) is 18.4. The van der Waals surface area contributed by atoms with E-state index in [0.717, 1.165) is 5.56 Å². The fourth-order valence-electron chi connectivity index (χ4n) is 3.36. The smallest absolute Gasteiger partial charge is 0.295 e. The molecule has 0 saturated heterocycles. The van der Waals surface area contributed by atoms with Gasteiger partial charge < -0.3 is 10.6 Å². The molecule has 3 aromatic carbocycles. The first-order valence-electron chi connectivity index (χ1n) is 10.4. The average molecular weight is 474 g/mol. The average Bonchev–Trinajstić information content (AvgIpc) is 3.39. The van der Waals surface area contributed by atoms with Crippen molar-refractivity contribution < 1.29 is 18.9 Å². The zero-order valence-corrected chi connectivity index (χ0v) is 18.4. The number of hydrogen-bond donors (Lipinski definition) is 2. The number of carbonyl (C=O) groups is 2. The molecular formula is C24H19FN6O4. The van der Waals surface area contributed by atoms with Gasteiger partial charge in [0.1, 0.15) is 24.2 Å². The summed E-state index contributed by atoms with van der Waals surface area (Å²) in [6.45, 7) is 1.77. The molecule has 1 heterocycles. The summed E-state index contributed by atoms with van der Waals surface area (Å²) in [5.41, 5.74) is 1.64. The highest BCUT2D eigenvalue weighted by Crippen LogP contribution is 2.24. The van der Waals surface area contributed by atoms with Gasteiger partial charge in [0.05, 0.1) is 11.0 Å². The Morgan fingerprint density at radius 3 is 2.31 bits per heavy atom. The zero-order chi connectivity index (χ0) is 24.9. The van der Waals surface area contributed by atoms with Gasteiger partial charge in [0.15, 0.2) is 0 Å². The summed E-state index contributed by atoms with van der Waals surface area (Å²) >= 11 is 0. The Balaban J connectivity index is 1.43. The molecule has 1 atom stereocenters. The molecule has 0 fully saturated rings. The van der Waals surface area contributed by atoms with Crippen LogP contribution in [-0.2, 0) is 0 Å². The second kappa shape index (κ2) is 9.91. The normalized spacial score (nSPS) is 11.5. The topological polar surface area (TPSA) is 132 Å². The molecule has 0 aliphatic heterocycles. The van der Waals surface area contributed by atoms with Crippen molar-refractivity contribution in [1.82, 2.24) is 20.1 Å². The van der Waals surface area contributed by atoms with Crippen LogP contribution in [0.2, 0.25) is 0 Å². The van der Waals surface area contributed by atoms with Crippen LogP contribution in [0.1, 0.15) is 39.2 Å². The van der Waals surface area contributed by atoms with Crippen molar-refractivity contribution in [2.75, 3.05) is 5.32 Å². The monoisotopic (exact) mass is 474 g/mol. The van der Waals surface area contributed by atoms with E-state index >= 15 is 0 Å². The highest BCUT2D eigenvalue weighted by Gasteiger charge is 2.20. The van der Waals surface area contributed by atoms with Crippen LogP contribution < -0.4 is 10.6 Å². The van der Waals surface area contributed by atoms with E-state index in [-0.39, 0.29) is 22.8 Å². The van der Waals surface area contributed by atoms with Crippen LogP contribution in [-0.4, -0.2) is 31.5 Å². The number of aromatic nitrogens is 3. The van der Waals surface area contributed by atoms with Crippen LogP contribution in [0.4, 0.5) is 15.8 Å². The predicted molar refractivity (Wildman–Crippen MR) is 125 cm³/mol. The molecule has 0 saturated carbocycles. The summed E-state index contributed by atoms with van der Waals surface area (Å²) in [5, 5.41) is 20.9. The van der Waals surface area contributed by atoms with Crippen molar-refractivity contribution in [2.24, 2.45) is 0 Å². The maximum absolute atomic E-state index is 13.0. The Kier molecular flexibility index (Phi) is 6.58. The number of nitrogens with zero attached hydrogens (tertiary/aromatic N) is 4. The van der Waals surface area contributed by atoms with Crippen molar-refractivity contribution in [1.29, 1.82) is 0 Å². The van der Waals surface area contributed by atoms with Gasteiger partial charge in [-0.25, -0.2) is 14.1 Å². The molecule has 4 aromatic rings. The summed E-state index contributed by atoms with van der Waals surface area (Å²) in [4.78, 5) is 39.7. The largest absolute Gasteiger partial charge is 0.346 e. The van der Waals surface area contributed by atoms with E-state index in [1.54, 1.807) is 31.2 Å². The van der Waals surface area contributed by atoms with E-state index in [9.17, 15) is 24.1 Å². The second-order valence-corrected chi connectivity index (χ2v) is 7.58. The van der Waals surface area contributed by atoms with Crippen molar-refractivity contribution in [3.63, 3.8) is 0 Å². The minimum atomic E-state index is -0.587. The number of amides is 2. The molecule has 1 unspecified atom stereocenters. The van der Waals surface area contributed by atoms with E-state index < -0.39 is 22.7 Å². The Hall–Kier alpha value is -4.93. The molecule has 4 rings (SSSR count). The predicted octanol–water partition coefficient (Wildman–Crippen LogP) is 4.06. The minimum absolute atomic E-state index is 0.121. The van der Waals surface area contributed by atoms with Gasteiger partial charge >= 0.3 is 0 Å². The molecule has 0 aliphatic rings. The van der Waals surface area contributed by atoms with Crippen LogP contribution >= 0.6 is 0 Å². The number of halogens is 1. The van der Waals surface area contributed by atoms with E-state index in [2.05, 4.69) is 20.7 Å². The lowest BCUT2D eigenvalue weighted by molar-refractivity contribution is -0.384. The molecule has 0 radical (unpaired) electrons. The van der Waals surface area contributed by atoms with Crippen molar-refractivity contribution in [3.8, 4) is 5.69 Å². The first-order valence-corrected chi connectivity index (χ1v) is 10.4. The SMILES string of the molecule is CC(NC(=O)c1ccc(-n2cncn2)c([N+](=O)[O-])c1)c1ccc(NC(=O)c2ccc(F)cc2)cc1. The van der Waals surface area contributed by atoms with Crippen LogP contribution in [0.5, 0.6) is 0 Å². The Morgan fingerprint density at radius 2 is 1.69 bits per heavy atom. The number of rotatable bonds is 7. The minimum Gasteiger partial charge on any atom is -0.346 e. The first-order chi connectivity index (χ1) is 16.8. The molecular weight excluding hydrogens is 455 g/mol. The van der Waals surface area contributed by atoms with Crippen molar-refractivity contribution in [3.05, 3.63) is 112 Å². The Morgan fingerprint density at radius 1 is 1.00 bits per heavy atom. The van der Waals surface area contributed by atoms with Crippen LogP contribution in [0.3, 0.4) is 0 Å². The quantitative estimate of drug-likeness (QED) is 0.307. The van der Waals surface area contributed by atoms with Gasteiger partial charge in [0.25, 0.3) is 17.5 Å². The number of benzene rings is 3. The van der Waals surface area contributed by atoms with Gasteiger partial charge in [-0.05, 0) is 61.0 Å². The van der Waals surface area contributed by atoms with Crippen LogP contribution in [0.15, 0.2) is 79.4 Å². The second-order valence-electron chi connectivity index (χ2n) is 7.58. The molecule has 0 spiro atoms. The molecule has 0 aliphatic carbocycles. The molecule has 176 valence electrons. The molecule has 11 heteroatoms. The highest BCUT2D eigenvalue weighted by atomic mass is 19.1.